The molecule has 6 N–H and O–H groups in total. The minimum Gasteiger partial charge on any atom is -0.390 e. The number of aromatic amines is 1. The summed E-state index contributed by atoms with van der Waals surface area (Å²) in [5.41, 5.74) is -1.26. The van der Waals surface area contributed by atoms with Gasteiger partial charge in [-0.3, -0.25) is 18.9 Å². The topological polar surface area (TPSA) is 244 Å². The Morgan fingerprint density at radius 2 is 1.77 bits per heavy atom. The molecule has 0 aromatic carbocycles. The summed E-state index contributed by atoms with van der Waals surface area (Å²) < 4.78 is 51.3. The first kappa shape index (κ1) is 28.0. The molecular formula is C10H17N2NaO14P3. The van der Waals surface area contributed by atoms with Crippen LogP contribution in [0.25, 0.3) is 0 Å². The Bertz CT molecular complexity index is 1020. The largest absolute Gasteiger partial charge is 0.490 e. The number of ether oxygens (including phenoxy) is 1. The van der Waals surface area contributed by atoms with Crippen molar-refractivity contribution in [3.63, 3.8) is 0 Å². The van der Waals surface area contributed by atoms with Crippen LogP contribution in [0.4, 0.5) is 0 Å². The van der Waals surface area contributed by atoms with Crippen LogP contribution >= 0.6 is 23.5 Å². The van der Waals surface area contributed by atoms with Crippen molar-refractivity contribution < 1.29 is 56.3 Å². The molecule has 5 atom stereocenters. The normalized spacial score (nSPS) is 25.9. The summed E-state index contributed by atoms with van der Waals surface area (Å²) in [5, 5.41) is 9.98. The van der Waals surface area contributed by atoms with Crippen molar-refractivity contribution in [2.45, 2.75) is 31.8 Å². The molecule has 1 aromatic heterocycles. The van der Waals surface area contributed by atoms with Crippen molar-refractivity contribution in [1.82, 2.24) is 9.55 Å². The zero-order chi connectivity index (χ0) is 22.2. The second kappa shape index (κ2) is 10.3. The Hall–Kier alpha value is 0.01000. The predicted octanol–water partition coefficient (Wildman–Crippen LogP) is -1.54. The van der Waals surface area contributed by atoms with Gasteiger partial charge in [-0.2, -0.15) is 8.62 Å². The average Bonchev–Trinajstić information content (AvgIpc) is 2.86. The molecule has 1 fully saturated rings. The quantitative estimate of drug-likeness (QED) is 0.173. The molecule has 0 spiro atoms. The second-order valence-electron chi connectivity index (χ2n) is 5.80. The number of aryl methyl sites for hydroxylation is 1. The molecule has 0 saturated carbocycles. The molecule has 0 bridgehead atoms. The van der Waals surface area contributed by atoms with Gasteiger partial charge in [-0.25, -0.2) is 18.5 Å². The number of phosphoric ester groups is 1. The first-order valence-electron chi connectivity index (χ1n) is 7.52. The van der Waals surface area contributed by atoms with E-state index in [1.807, 2.05) is 4.98 Å². The Kier molecular flexibility index (Phi) is 9.63. The van der Waals surface area contributed by atoms with Gasteiger partial charge in [0, 0.05) is 47.7 Å². The van der Waals surface area contributed by atoms with Crippen LogP contribution in [0, 0.1) is 6.92 Å². The first-order chi connectivity index (χ1) is 13.1. The van der Waals surface area contributed by atoms with Gasteiger partial charge < -0.3 is 29.4 Å². The molecule has 30 heavy (non-hydrogen) atoms. The van der Waals surface area contributed by atoms with Gasteiger partial charge in [-0.1, -0.05) is 0 Å². The molecule has 16 nitrogen and oxygen atoms in total. The van der Waals surface area contributed by atoms with Crippen molar-refractivity contribution in [1.29, 1.82) is 0 Å². The van der Waals surface area contributed by atoms with Crippen LogP contribution in [0.3, 0.4) is 0 Å². The van der Waals surface area contributed by atoms with E-state index < -0.39 is 59.8 Å². The zero-order valence-corrected chi connectivity index (χ0v) is 20.1. The molecule has 2 rings (SSSR count). The Morgan fingerprint density at radius 1 is 1.17 bits per heavy atom. The number of rotatable bonds is 8. The van der Waals surface area contributed by atoms with E-state index >= 15 is 0 Å². The molecule has 2 heterocycles. The molecular weight excluding hydrogens is 488 g/mol. The van der Waals surface area contributed by atoms with E-state index in [2.05, 4.69) is 13.1 Å². The van der Waals surface area contributed by atoms with Gasteiger partial charge >= 0.3 is 29.2 Å². The van der Waals surface area contributed by atoms with E-state index in [1.54, 1.807) is 0 Å². The van der Waals surface area contributed by atoms with Crippen molar-refractivity contribution in [2.75, 3.05) is 6.61 Å². The van der Waals surface area contributed by atoms with Crippen molar-refractivity contribution in [2.24, 2.45) is 0 Å². The molecule has 1 radical (unpaired) electrons. The smallest absolute Gasteiger partial charge is 0.390 e. The summed E-state index contributed by atoms with van der Waals surface area (Å²) >= 11 is 0. The van der Waals surface area contributed by atoms with Gasteiger partial charge in [-0.15, -0.1) is 0 Å². The zero-order valence-electron chi connectivity index (χ0n) is 15.4. The van der Waals surface area contributed by atoms with Gasteiger partial charge in [0.25, 0.3) is 5.56 Å². The SMILES string of the molecule is Cc1cn([C@H]2C[C@H](O)[C@@H](COP(=O)(O)OP(=O)(O)OP(=O)(O)O)O2)c(=O)[nH]c1=O.[Na]. The summed E-state index contributed by atoms with van der Waals surface area (Å²) in [4.78, 5) is 60.6. The molecule has 1 aliphatic rings. The Balaban J connectivity index is 0.00000450. The second-order valence-corrected chi connectivity index (χ2v) is 10.2. The standard InChI is InChI=1S/C10H17N2O14P3.Na/c1-5-3-12(10(15)11-9(5)14)8-2-6(13)7(24-8)4-23-28(19,20)26-29(21,22)25-27(16,17)18;/h3,6-8,13H,2,4H2,1H3,(H,19,20)(H,21,22)(H,11,14,15)(H2,16,17,18);/t6-,7+,8+;/m0./s1. The monoisotopic (exact) mass is 505 g/mol. The van der Waals surface area contributed by atoms with Crippen LogP contribution in [0.1, 0.15) is 18.2 Å². The van der Waals surface area contributed by atoms with Crippen molar-refractivity contribution >= 4 is 53.0 Å². The van der Waals surface area contributed by atoms with Gasteiger partial charge in [0.2, 0.25) is 0 Å². The number of hydrogen-bond donors (Lipinski definition) is 6. The fourth-order valence-corrected chi connectivity index (χ4v) is 5.34. The van der Waals surface area contributed by atoms with Gasteiger partial charge in [0.1, 0.15) is 12.3 Å². The number of aliphatic hydroxyl groups excluding tert-OH is 1. The summed E-state index contributed by atoms with van der Waals surface area (Å²) in [6.07, 6.45) is -2.67. The van der Waals surface area contributed by atoms with E-state index in [-0.39, 0.29) is 41.5 Å². The van der Waals surface area contributed by atoms with E-state index in [9.17, 15) is 33.3 Å². The molecule has 0 aliphatic carbocycles. The summed E-state index contributed by atoms with van der Waals surface area (Å²) in [6, 6.07) is 0. The number of H-pyrrole nitrogens is 1. The molecule has 20 heteroatoms. The number of phosphoric acid groups is 3. The van der Waals surface area contributed by atoms with Crippen molar-refractivity contribution in [3.8, 4) is 0 Å². The molecule has 2 unspecified atom stereocenters. The van der Waals surface area contributed by atoms with Crippen LogP contribution in [-0.4, -0.2) is 82.6 Å². The molecule has 1 aromatic rings. The third-order valence-corrected chi connectivity index (χ3v) is 7.28. The predicted molar refractivity (Wildman–Crippen MR) is 96.2 cm³/mol. The average molecular weight is 505 g/mol. The number of nitrogens with zero attached hydrogens (tertiary/aromatic N) is 1. The van der Waals surface area contributed by atoms with Crippen LogP contribution < -0.4 is 11.2 Å². The Morgan fingerprint density at radius 3 is 2.33 bits per heavy atom. The first-order valence-corrected chi connectivity index (χ1v) is 12.0. The maximum Gasteiger partial charge on any atom is 0.490 e. The minimum atomic E-state index is -5.67. The van der Waals surface area contributed by atoms with Crippen molar-refractivity contribution in [3.05, 3.63) is 32.6 Å². The molecule has 167 valence electrons. The number of aromatic nitrogens is 2. The van der Waals surface area contributed by atoms with Gasteiger partial charge in [0.15, 0.2) is 0 Å². The van der Waals surface area contributed by atoms with E-state index in [1.165, 1.54) is 13.1 Å². The minimum absolute atomic E-state index is 0. The van der Waals surface area contributed by atoms with Crippen LogP contribution in [-0.2, 0) is 31.6 Å². The van der Waals surface area contributed by atoms with Gasteiger partial charge in [-0.05, 0) is 6.92 Å². The van der Waals surface area contributed by atoms with E-state index in [0.717, 1.165) is 4.57 Å². The van der Waals surface area contributed by atoms with E-state index in [0.29, 0.717) is 0 Å². The number of hydrogen-bond acceptors (Lipinski definition) is 10. The number of nitrogens with one attached hydrogen (secondary N) is 1. The molecule has 1 saturated heterocycles. The van der Waals surface area contributed by atoms with Gasteiger partial charge in [0.05, 0.1) is 12.7 Å². The van der Waals surface area contributed by atoms with Crippen LogP contribution in [0.15, 0.2) is 15.8 Å². The van der Waals surface area contributed by atoms with Crippen LogP contribution in [0.5, 0.6) is 0 Å². The maximum absolute atomic E-state index is 11.9. The number of aliphatic hydroxyl groups is 1. The Labute approximate surface area is 189 Å². The summed E-state index contributed by atoms with van der Waals surface area (Å²) in [7, 11) is -16.6. The van der Waals surface area contributed by atoms with E-state index in [4.69, 9.17) is 19.4 Å². The fraction of sp³-hybridized carbons (Fsp3) is 0.600. The van der Waals surface area contributed by atoms with Crippen LogP contribution in [0.2, 0.25) is 0 Å². The summed E-state index contributed by atoms with van der Waals surface area (Å²) in [5.74, 6) is 0. The maximum atomic E-state index is 11.9. The molecule has 0 amide bonds. The molecule has 1 aliphatic heterocycles. The summed E-state index contributed by atoms with van der Waals surface area (Å²) in [6.45, 7) is 0.547. The fourth-order valence-electron chi connectivity index (χ4n) is 2.31. The third-order valence-electron chi connectivity index (χ3n) is 3.48. The third kappa shape index (κ3) is 8.17.